The minimum Gasteiger partial charge on any atom is -0.502 e. The number of nitriles is 1. The van der Waals surface area contributed by atoms with Crippen LogP contribution in [-0.4, -0.2) is 20.4 Å². The summed E-state index contributed by atoms with van der Waals surface area (Å²) in [4.78, 5) is 22.7. The van der Waals surface area contributed by atoms with Crippen LogP contribution in [0.1, 0.15) is 39.3 Å². The fraction of sp³-hybridized carbons (Fsp3) is 0.222. The molecule has 0 amide bonds. The van der Waals surface area contributed by atoms with Crippen molar-refractivity contribution in [1.29, 1.82) is 5.26 Å². The van der Waals surface area contributed by atoms with Crippen LogP contribution < -0.4 is 0 Å². The van der Waals surface area contributed by atoms with E-state index in [1.807, 2.05) is 11.5 Å². The van der Waals surface area contributed by atoms with Gasteiger partial charge in [-0.3, -0.25) is 14.9 Å². The van der Waals surface area contributed by atoms with Gasteiger partial charge in [0.05, 0.1) is 16.1 Å². The number of nitro benzene ring substituents is 1. The van der Waals surface area contributed by atoms with Gasteiger partial charge < -0.3 is 9.67 Å². The summed E-state index contributed by atoms with van der Waals surface area (Å²) in [6.45, 7) is 2.62. The third-order valence-corrected chi connectivity index (χ3v) is 4.41. The molecule has 0 bridgehead atoms. The molecule has 1 N–H and O–H groups in total. The zero-order valence-electron chi connectivity index (χ0n) is 13.5. The van der Waals surface area contributed by atoms with Crippen LogP contribution in [0.15, 0.2) is 24.3 Å². The van der Waals surface area contributed by atoms with Crippen molar-refractivity contribution in [2.45, 2.75) is 26.3 Å². The van der Waals surface area contributed by atoms with E-state index in [4.69, 9.17) is 0 Å². The SMILES string of the molecule is Cc1c(C(=O)/C=C/c2ccc(O)c([N+](=O)[O-])c2)c(C#N)c2n1CCC2. The number of aromatic hydroxyl groups is 1. The Kier molecular flexibility index (Phi) is 4.11. The molecule has 0 saturated heterocycles. The molecule has 0 fully saturated rings. The second kappa shape index (κ2) is 6.24. The minimum absolute atomic E-state index is 0.313. The molecule has 1 aliphatic heterocycles. The molecule has 0 saturated carbocycles. The number of allylic oxidation sites excluding steroid dienone is 1. The highest BCUT2D eigenvalue weighted by molar-refractivity contribution is 6.09. The van der Waals surface area contributed by atoms with E-state index < -0.39 is 16.4 Å². The quantitative estimate of drug-likeness (QED) is 0.399. The van der Waals surface area contributed by atoms with Crippen molar-refractivity contribution in [3.8, 4) is 11.8 Å². The lowest BCUT2D eigenvalue weighted by atomic mass is 10.0. The standard InChI is InChI=1S/C18H15N3O4/c1-11-18(13(10-19)14-3-2-8-20(11)14)17(23)7-5-12-4-6-16(22)15(9-12)21(24)25/h4-7,9,22H,2-3,8H2,1H3/b7-5+. The van der Waals surface area contributed by atoms with Gasteiger partial charge in [-0.1, -0.05) is 12.1 Å². The first-order valence-electron chi connectivity index (χ1n) is 7.76. The molecule has 0 atom stereocenters. The Hall–Kier alpha value is -3.40. The van der Waals surface area contributed by atoms with Gasteiger partial charge in [0.15, 0.2) is 11.5 Å². The van der Waals surface area contributed by atoms with Gasteiger partial charge in [0.1, 0.15) is 6.07 Å². The summed E-state index contributed by atoms with van der Waals surface area (Å²) in [6, 6.07) is 6.01. The van der Waals surface area contributed by atoms with E-state index in [2.05, 4.69) is 6.07 Å². The predicted molar refractivity (Wildman–Crippen MR) is 90.3 cm³/mol. The number of carbonyl (C=O) groups is 1. The number of nitrogens with zero attached hydrogens (tertiary/aromatic N) is 3. The van der Waals surface area contributed by atoms with E-state index in [9.17, 15) is 25.3 Å². The summed E-state index contributed by atoms with van der Waals surface area (Å²) >= 11 is 0. The number of nitro groups is 1. The average Bonchev–Trinajstić information content (AvgIpc) is 3.15. The number of hydrogen-bond donors (Lipinski definition) is 1. The molecule has 2 aromatic rings. The molecular formula is C18H15N3O4. The van der Waals surface area contributed by atoms with Crippen LogP contribution in [0.2, 0.25) is 0 Å². The number of ketones is 1. The van der Waals surface area contributed by atoms with Gasteiger partial charge in [0.25, 0.3) is 0 Å². The fourth-order valence-electron chi connectivity index (χ4n) is 3.23. The summed E-state index contributed by atoms with van der Waals surface area (Å²) in [5.74, 6) is -0.744. The third-order valence-electron chi connectivity index (χ3n) is 4.41. The molecular weight excluding hydrogens is 322 g/mol. The first kappa shape index (κ1) is 16.5. The molecule has 25 heavy (non-hydrogen) atoms. The number of rotatable bonds is 4. The van der Waals surface area contributed by atoms with Crippen LogP contribution in [0.3, 0.4) is 0 Å². The second-order valence-corrected chi connectivity index (χ2v) is 5.85. The Morgan fingerprint density at radius 2 is 2.24 bits per heavy atom. The van der Waals surface area contributed by atoms with Gasteiger partial charge in [0.2, 0.25) is 0 Å². The van der Waals surface area contributed by atoms with Gasteiger partial charge in [-0.2, -0.15) is 5.26 Å². The van der Waals surface area contributed by atoms with E-state index in [0.717, 1.165) is 30.8 Å². The number of phenols is 1. The number of benzene rings is 1. The van der Waals surface area contributed by atoms with Crippen LogP contribution in [0, 0.1) is 28.4 Å². The van der Waals surface area contributed by atoms with Gasteiger partial charge in [-0.25, -0.2) is 0 Å². The number of aromatic nitrogens is 1. The lowest BCUT2D eigenvalue weighted by molar-refractivity contribution is -0.385. The predicted octanol–water partition coefficient (Wildman–Crippen LogP) is 3.12. The molecule has 3 rings (SSSR count). The maximum absolute atomic E-state index is 12.6. The normalized spacial score (nSPS) is 13.0. The molecule has 0 unspecified atom stereocenters. The highest BCUT2D eigenvalue weighted by Crippen LogP contribution is 2.30. The molecule has 1 aromatic heterocycles. The number of hydrogen-bond acceptors (Lipinski definition) is 5. The summed E-state index contributed by atoms with van der Waals surface area (Å²) in [5.41, 5.74) is 2.47. The van der Waals surface area contributed by atoms with Crippen molar-refractivity contribution in [3.05, 3.63) is 62.5 Å². The Morgan fingerprint density at radius 3 is 2.92 bits per heavy atom. The van der Waals surface area contributed by atoms with E-state index in [1.54, 1.807) is 0 Å². The summed E-state index contributed by atoms with van der Waals surface area (Å²) in [5, 5.41) is 29.7. The second-order valence-electron chi connectivity index (χ2n) is 5.85. The van der Waals surface area contributed by atoms with Crippen molar-refractivity contribution < 1.29 is 14.8 Å². The van der Waals surface area contributed by atoms with Crippen LogP contribution in [0.4, 0.5) is 5.69 Å². The highest BCUT2D eigenvalue weighted by Gasteiger charge is 2.26. The Labute approximate surface area is 143 Å². The number of carbonyl (C=O) groups excluding carboxylic acids is 1. The first-order chi connectivity index (χ1) is 11.9. The fourth-order valence-corrected chi connectivity index (χ4v) is 3.23. The highest BCUT2D eigenvalue weighted by atomic mass is 16.6. The molecule has 0 aliphatic carbocycles. The third kappa shape index (κ3) is 2.78. The zero-order valence-corrected chi connectivity index (χ0v) is 13.5. The molecule has 7 nitrogen and oxygen atoms in total. The van der Waals surface area contributed by atoms with Crippen LogP contribution in [-0.2, 0) is 13.0 Å². The van der Waals surface area contributed by atoms with Crippen LogP contribution >= 0.6 is 0 Å². The molecule has 2 heterocycles. The van der Waals surface area contributed by atoms with Gasteiger partial charge in [-0.15, -0.1) is 0 Å². The minimum atomic E-state index is -0.690. The Morgan fingerprint density at radius 1 is 1.48 bits per heavy atom. The molecule has 7 heteroatoms. The van der Waals surface area contributed by atoms with Crippen molar-refractivity contribution in [3.63, 3.8) is 0 Å². The Bertz CT molecular complexity index is 964. The maximum atomic E-state index is 12.6. The summed E-state index contributed by atoms with van der Waals surface area (Å²) < 4.78 is 2.00. The van der Waals surface area contributed by atoms with E-state index in [1.165, 1.54) is 30.4 Å². The number of fused-ring (bicyclic) bond motifs is 1. The zero-order chi connectivity index (χ0) is 18.1. The average molecular weight is 337 g/mol. The van der Waals surface area contributed by atoms with E-state index in [-0.39, 0.29) is 5.78 Å². The molecule has 1 aromatic carbocycles. The number of phenolic OH excluding ortho intramolecular Hbond substituents is 1. The monoisotopic (exact) mass is 337 g/mol. The van der Waals surface area contributed by atoms with E-state index >= 15 is 0 Å². The van der Waals surface area contributed by atoms with Gasteiger partial charge in [-0.05, 0) is 37.5 Å². The maximum Gasteiger partial charge on any atom is 0.311 e. The summed E-state index contributed by atoms with van der Waals surface area (Å²) in [6.07, 6.45) is 4.49. The van der Waals surface area contributed by atoms with Gasteiger partial charge in [0, 0.05) is 24.0 Å². The van der Waals surface area contributed by atoms with E-state index in [0.29, 0.717) is 16.7 Å². The lowest BCUT2D eigenvalue weighted by Gasteiger charge is -2.01. The first-order valence-corrected chi connectivity index (χ1v) is 7.76. The topological polar surface area (TPSA) is 109 Å². The molecule has 0 radical (unpaired) electrons. The van der Waals surface area contributed by atoms with Crippen molar-refractivity contribution in [1.82, 2.24) is 4.57 Å². The van der Waals surface area contributed by atoms with Crippen molar-refractivity contribution >= 4 is 17.5 Å². The van der Waals surface area contributed by atoms with Crippen molar-refractivity contribution in [2.24, 2.45) is 0 Å². The van der Waals surface area contributed by atoms with Crippen molar-refractivity contribution in [2.75, 3.05) is 0 Å². The van der Waals surface area contributed by atoms with Crippen LogP contribution in [0.5, 0.6) is 5.75 Å². The molecule has 1 aliphatic rings. The molecule has 126 valence electrons. The summed E-state index contributed by atoms with van der Waals surface area (Å²) in [7, 11) is 0. The smallest absolute Gasteiger partial charge is 0.311 e. The lowest BCUT2D eigenvalue weighted by Crippen LogP contribution is -2.01. The Balaban J connectivity index is 1.94. The van der Waals surface area contributed by atoms with Gasteiger partial charge >= 0.3 is 5.69 Å². The van der Waals surface area contributed by atoms with Crippen LogP contribution in [0.25, 0.3) is 6.08 Å². The molecule has 0 spiro atoms. The largest absolute Gasteiger partial charge is 0.502 e.